The van der Waals surface area contributed by atoms with Gasteiger partial charge in [0, 0.05) is 30.3 Å². The normalized spacial score (nSPS) is 21.2. The van der Waals surface area contributed by atoms with Crippen LogP contribution in [0.25, 0.3) is 0 Å². The third-order valence-corrected chi connectivity index (χ3v) is 4.69. The zero-order valence-electron chi connectivity index (χ0n) is 12.3. The first-order chi connectivity index (χ1) is 10.7. The number of hydrogen-bond acceptors (Lipinski definition) is 6. The maximum Gasteiger partial charge on any atom is 0.260 e. The molecule has 2 aromatic rings. The Labute approximate surface area is 131 Å². The van der Waals surface area contributed by atoms with Crippen LogP contribution in [0.4, 0.5) is 5.13 Å². The standard InChI is InChI=1S/C14H17N5O2S/c1-8-11(6-19(17-8)10-4-5-21-7-10)13(20)16-14-15-12(18-22-14)9-2-3-9/h6,9-10H,2-5,7H2,1H3,(H,15,16,18,20). The number of ether oxygens (including phenoxy) is 1. The molecule has 0 aromatic carbocycles. The molecule has 116 valence electrons. The van der Waals surface area contributed by atoms with Crippen LogP contribution in [0.15, 0.2) is 6.20 Å². The van der Waals surface area contributed by atoms with Crippen LogP contribution in [0.3, 0.4) is 0 Å². The minimum atomic E-state index is -0.179. The molecular weight excluding hydrogens is 302 g/mol. The Kier molecular flexibility index (Phi) is 3.42. The van der Waals surface area contributed by atoms with E-state index >= 15 is 0 Å². The van der Waals surface area contributed by atoms with Gasteiger partial charge >= 0.3 is 0 Å². The van der Waals surface area contributed by atoms with Crippen molar-refractivity contribution >= 4 is 22.6 Å². The first kappa shape index (κ1) is 13.8. The summed E-state index contributed by atoms with van der Waals surface area (Å²) >= 11 is 1.24. The molecule has 0 bridgehead atoms. The molecule has 1 atom stereocenters. The van der Waals surface area contributed by atoms with E-state index in [1.54, 1.807) is 6.20 Å². The second kappa shape index (κ2) is 5.44. The number of hydrogen-bond donors (Lipinski definition) is 1. The second-order valence-corrected chi connectivity index (χ2v) is 6.56. The zero-order chi connectivity index (χ0) is 15.1. The lowest BCUT2D eigenvalue weighted by Crippen LogP contribution is -2.12. The number of nitrogens with zero attached hydrogens (tertiary/aromatic N) is 4. The van der Waals surface area contributed by atoms with Crippen LogP contribution >= 0.6 is 11.5 Å². The summed E-state index contributed by atoms with van der Waals surface area (Å²) in [6.45, 7) is 3.25. The van der Waals surface area contributed by atoms with Crippen LogP contribution in [0.5, 0.6) is 0 Å². The Morgan fingerprint density at radius 3 is 3.05 bits per heavy atom. The molecule has 0 spiro atoms. The lowest BCUT2D eigenvalue weighted by molar-refractivity contribution is 0.102. The Bertz CT molecular complexity index is 700. The Morgan fingerprint density at radius 1 is 1.45 bits per heavy atom. The maximum absolute atomic E-state index is 12.4. The van der Waals surface area contributed by atoms with Gasteiger partial charge in [-0.3, -0.25) is 14.8 Å². The van der Waals surface area contributed by atoms with Gasteiger partial charge in [-0.15, -0.1) is 0 Å². The van der Waals surface area contributed by atoms with Crippen molar-refractivity contribution in [2.24, 2.45) is 0 Å². The molecule has 2 aromatic heterocycles. The maximum atomic E-state index is 12.4. The highest BCUT2D eigenvalue weighted by Gasteiger charge is 2.28. The van der Waals surface area contributed by atoms with Crippen molar-refractivity contribution < 1.29 is 9.53 Å². The molecule has 4 rings (SSSR count). The summed E-state index contributed by atoms with van der Waals surface area (Å²) in [5.74, 6) is 1.17. The van der Waals surface area contributed by atoms with Crippen LogP contribution in [0.1, 0.15) is 53.1 Å². The number of aryl methyl sites for hydroxylation is 1. The second-order valence-electron chi connectivity index (χ2n) is 5.81. The molecule has 3 heterocycles. The van der Waals surface area contributed by atoms with Gasteiger partial charge in [0.25, 0.3) is 5.91 Å². The SMILES string of the molecule is Cc1nn(C2CCOC2)cc1C(=O)Nc1nc(C2CC2)ns1. The summed E-state index contributed by atoms with van der Waals surface area (Å²) in [7, 11) is 0. The molecule has 2 fully saturated rings. The number of amides is 1. The smallest absolute Gasteiger partial charge is 0.260 e. The summed E-state index contributed by atoms with van der Waals surface area (Å²) in [5, 5.41) is 7.83. The van der Waals surface area contributed by atoms with Crippen molar-refractivity contribution in [3.63, 3.8) is 0 Å². The van der Waals surface area contributed by atoms with Crippen molar-refractivity contribution in [1.82, 2.24) is 19.1 Å². The predicted molar refractivity (Wildman–Crippen MR) is 81.3 cm³/mol. The number of carbonyl (C=O) groups excluding carboxylic acids is 1. The van der Waals surface area contributed by atoms with Gasteiger partial charge in [0.05, 0.1) is 23.9 Å². The molecule has 8 heteroatoms. The van der Waals surface area contributed by atoms with E-state index in [0.717, 1.165) is 37.4 Å². The highest BCUT2D eigenvalue weighted by Crippen LogP contribution is 2.39. The number of anilines is 1. The minimum absolute atomic E-state index is 0.179. The Hall–Kier alpha value is -1.80. The third-order valence-electron chi connectivity index (χ3n) is 4.05. The highest BCUT2D eigenvalue weighted by molar-refractivity contribution is 7.09. The van der Waals surface area contributed by atoms with Gasteiger partial charge in [-0.2, -0.15) is 9.47 Å². The number of carbonyl (C=O) groups is 1. The highest BCUT2D eigenvalue weighted by atomic mass is 32.1. The van der Waals surface area contributed by atoms with E-state index in [-0.39, 0.29) is 11.9 Å². The largest absolute Gasteiger partial charge is 0.379 e. The topological polar surface area (TPSA) is 81.9 Å². The fraction of sp³-hybridized carbons (Fsp3) is 0.571. The van der Waals surface area contributed by atoms with Crippen LogP contribution in [-0.4, -0.2) is 38.3 Å². The van der Waals surface area contributed by atoms with Crippen molar-refractivity contribution in [2.75, 3.05) is 18.5 Å². The first-order valence-corrected chi connectivity index (χ1v) is 8.26. The quantitative estimate of drug-likeness (QED) is 0.933. The average Bonchev–Trinajstić information content (AvgIpc) is 2.94. The van der Waals surface area contributed by atoms with Gasteiger partial charge in [0.2, 0.25) is 5.13 Å². The van der Waals surface area contributed by atoms with E-state index in [0.29, 0.717) is 23.2 Å². The lowest BCUT2D eigenvalue weighted by atomic mass is 10.2. The molecule has 1 unspecified atom stereocenters. The fourth-order valence-corrected chi connectivity index (χ4v) is 3.22. The molecule has 1 aliphatic heterocycles. The van der Waals surface area contributed by atoms with Crippen LogP contribution in [0.2, 0.25) is 0 Å². The van der Waals surface area contributed by atoms with Gasteiger partial charge in [-0.1, -0.05) is 0 Å². The molecular formula is C14H17N5O2S. The van der Waals surface area contributed by atoms with Crippen molar-refractivity contribution in [3.8, 4) is 0 Å². The number of nitrogens with one attached hydrogen (secondary N) is 1. The average molecular weight is 319 g/mol. The lowest BCUT2D eigenvalue weighted by Gasteiger charge is -2.06. The van der Waals surface area contributed by atoms with E-state index in [1.807, 2.05) is 11.6 Å². The third kappa shape index (κ3) is 2.64. The van der Waals surface area contributed by atoms with Crippen molar-refractivity contribution in [3.05, 3.63) is 23.3 Å². The van der Waals surface area contributed by atoms with Gasteiger partial charge in [0.1, 0.15) is 5.82 Å². The molecule has 1 N–H and O–H groups in total. The van der Waals surface area contributed by atoms with Gasteiger partial charge in [-0.05, 0) is 26.2 Å². The summed E-state index contributed by atoms with van der Waals surface area (Å²) in [5.41, 5.74) is 1.30. The van der Waals surface area contributed by atoms with Gasteiger partial charge in [-0.25, -0.2) is 4.98 Å². The monoisotopic (exact) mass is 319 g/mol. The molecule has 0 radical (unpaired) electrons. The summed E-state index contributed by atoms with van der Waals surface area (Å²) in [6.07, 6.45) is 5.04. The summed E-state index contributed by atoms with van der Waals surface area (Å²) < 4.78 is 11.5. The van der Waals surface area contributed by atoms with Gasteiger partial charge < -0.3 is 4.74 Å². The first-order valence-electron chi connectivity index (χ1n) is 7.49. The Balaban J connectivity index is 1.49. The Morgan fingerprint density at radius 2 is 2.32 bits per heavy atom. The molecule has 1 amide bonds. The number of rotatable bonds is 4. The van der Waals surface area contributed by atoms with Crippen molar-refractivity contribution in [1.29, 1.82) is 0 Å². The van der Waals surface area contributed by atoms with E-state index in [1.165, 1.54) is 11.5 Å². The van der Waals surface area contributed by atoms with Crippen LogP contribution in [0, 0.1) is 6.92 Å². The zero-order valence-corrected chi connectivity index (χ0v) is 13.1. The van der Waals surface area contributed by atoms with Crippen LogP contribution in [-0.2, 0) is 4.74 Å². The molecule has 1 saturated heterocycles. The summed E-state index contributed by atoms with van der Waals surface area (Å²) in [4.78, 5) is 16.8. The fourth-order valence-electron chi connectivity index (χ4n) is 2.58. The summed E-state index contributed by atoms with van der Waals surface area (Å²) in [6, 6.07) is 0.225. The van der Waals surface area contributed by atoms with Crippen LogP contribution < -0.4 is 5.32 Å². The van der Waals surface area contributed by atoms with Crippen molar-refractivity contribution in [2.45, 2.75) is 38.1 Å². The molecule has 7 nitrogen and oxygen atoms in total. The molecule has 22 heavy (non-hydrogen) atoms. The van der Waals surface area contributed by atoms with E-state index in [9.17, 15) is 4.79 Å². The van der Waals surface area contributed by atoms with E-state index < -0.39 is 0 Å². The van der Waals surface area contributed by atoms with E-state index in [2.05, 4.69) is 19.8 Å². The van der Waals surface area contributed by atoms with E-state index in [4.69, 9.17) is 4.74 Å². The molecule has 1 aliphatic carbocycles. The number of aromatic nitrogens is 4. The molecule has 1 saturated carbocycles. The predicted octanol–water partition coefficient (Wildman–Crippen LogP) is 2.13. The molecule has 2 aliphatic rings. The van der Waals surface area contributed by atoms with Gasteiger partial charge in [0.15, 0.2) is 0 Å². The minimum Gasteiger partial charge on any atom is -0.379 e.